The van der Waals surface area contributed by atoms with Crippen molar-refractivity contribution in [3.63, 3.8) is 0 Å². The molecule has 0 bridgehead atoms. The van der Waals surface area contributed by atoms with Gasteiger partial charge >= 0.3 is 0 Å². The van der Waals surface area contributed by atoms with Crippen molar-refractivity contribution in [3.8, 4) is 0 Å². The van der Waals surface area contributed by atoms with Crippen LogP contribution in [0.15, 0.2) is 23.3 Å². The molecule has 0 aromatic carbocycles. The molecule has 0 amide bonds. The van der Waals surface area contributed by atoms with Gasteiger partial charge < -0.3 is 4.79 Å². The summed E-state index contributed by atoms with van der Waals surface area (Å²) in [5.41, 5.74) is 0.0983. The Balaban J connectivity index is 1.66. The molecule has 184 valence electrons. The summed E-state index contributed by atoms with van der Waals surface area (Å²) in [6, 6.07) is 0. The number of hydrogen-bond acceptors (Lipinski definition) is 4. The van der Waals surface area contributed by atoms with Crippen molar-refractivity contribution in [2.24, 2.45) is 50.7 Å². The number of Topliss-reactive ketones (excluding diaryl/α,β-unsaturated/α-hetero) is 1. The Kier molecular flexibility index (Phi) is 4.99. The summed E-state index contributed by atoms with van der Waals surface area (Å²) in [6.45, 7) is 13.1. The van der Waals surface area contributed by atoms with Crippen LogP contribution in [0.5, 0.6) is 0 Å². The van der Waals surface area contributed by atoms with Crippen molar-refractivity contribution in [1.82, 2.24) is 0 Å². The number of aldehydes is 2. The summed E-state index contributed by atoms with van der Waals surface area (Å²) in [5, 5.41) is 0. The molecule has 5 aliphatic rings. The predicted octanol–water partition coefficient (Wildman–Crippen LogP) is 5.69. The van der Waals surface area contributed by atoms with Crippen LogP contribution in [0.2, 0.25) is 0 Å². The first-order valence-electron chi connectivity index (χ1n) is 13.2. The Morgan fingerprint density at radius 2 is 1.56 bits per heavy atom. The highest BCUT2D eigenvalue weighted by molar-refractivity contribution is 6.15. The molecule has 0 aromatic rings. The Hall–Kier alpha value is -1.84. The molecule has 0 spiro atoms. The number of carbonyl (C=O) groups is 4. The molecular weight excluding hydrogens is 424 g/mol. The third-order valence-electron chi connectivity index (χ3n) is 11.7. The van der Waals surface area contributed by atoms with Crippen molar-refractivity contribution in [2.75, 3.05) is 0 Å². The third-order valence-corrected chi connectivity index (χ3v) is 11.7. The van der Waals surface area contributed by atoms with Crippen molar-refractivity contribution in [1.29, 1.82) is 0 Å². The summed E-state index contributed by atoms with van der Waals surface area (Å²) < 4.78 is 0. The molecule has 0 N–H and O–H groups in total. The van der Waals surface area contributed by atoms with Crippen LogP contribution in [-0.4, -0.2) is 24.1 Å². The van der Waals surface area contributed by atoms with Gasteiger partial charge in [0.05, 0.1) is 5.57 Å². The first-order valence-corrected chi connectivity index (χ1v) is 13.2. The summed E-state index contributed by atoms with van der Waals surface area (Å²) in [4.78, 5) is 51.4. The summed E-state index contributed by atoms with van der Waals surface area (Å²) in [7, 11) is 0. The molecule has 34 heavy (non-hydrogen) atoms. The fraction of sp³-hybridized carbons (Fsp3) is 0.733. The highest BCUT2D eigenvalue weighted by Gasteiger charge is 2.67. The maximum absolute atomic E-state index is 14.1. The number of fused-ring (bicyclic) bond motifs is 7. The van der Waals surface area contributed by atoms with Gasteiger partial charge in [0, 0.05) is 22.7 Å². The summed E-state index contributed by atoms with van der Waals surface area (Å²) in [5.74, 6) is 0.0649. The van der Waals surface area contributed by atoms with Gasteiger partial charge in [0.25, 0.3) is 0 Å². The molecule has 4 nitrogen and oxygen atoms in total. The minimum atomic E-state index is -0.620. The van der Waals surface area contributed by atoms with Crippen LogP contribution in [0.1, 0.15) is 86.5 Å². The second-order valence-corrected chi connectivity index (χ2v) is 14.0. The lowest BCUT2D eigenvalue weighted by molar-refractivity contribution is -0.169. The second kappa shape index (κ2) is 7.11. The molecule has 0 aliphatic heterocycles. The van der Waals surface area contributed by atoms with Crippen LogP contribution in [-0.2, 0) is 19.2 Å². The van der Waals surface area contributed by atoms with Gasteiger partial charge in [-0.05, 0) is 79.1 Å². The molecule has 3 unspecified atom stereocenters. The highest BCUT2D eigenvalue weighted by Crippen LogP contribution is 2.72. The number of ketones is 2. The molecule has 3 saturated carbocycles. The smallest absolute Gasteiger partial charge is 0.171 e. The fourth-order valence-electron chi connectivity index (χ4n) is 9.23. The van der Waals surface area contributed by atoms with Gasteiger partial charge in [-0.25, -0.2) is 0 Å². The van der Waals surface area contributed by atoms with Gasteiger partial charge in [0.15, 0.2) is 17.9 Å². The first kappa shape index (κ1) is 23.9. The van der Waals surface area contributed by atoms with Crippen molar-refractivity contribution in [3.05, 3.63) is 23.3 Å². The Morgan fingerprint density at radius 3 is 2.21 bits per heavy atom. The van der Waals surface area contributed by atoms with E-state index >= 15 is 0 Å². The number of hydrogen-bond donors (Lipinski definition) is 0. The van der Waals surface area contributed by atoms with Crippen LogP contribution in [0, 0.1) is 50.7 Å². The minimum absolute atomic E-state index is 0.0612. The topological polar surface area (TPSA) is 68.3 Å². The number of allylic oxidation sites excluding steroid dienone is 4. The first-order chi connectivity index (χ1) is 15.8. The molecule has 0 saturated heterocycles. The summed E-state index contributed by atoms with van der Waals surface area (Å²) in [6.07, 6.45) is 12.1. The van der Waals surface area contributed by atoms with Crippen LogP contribution in [0.4, 0.5) is 0 Å². The lowest BCUT2D eigenvalue weighted by Gasteiger charge is -2.67. The minimum Gasteiger partial charge on any atom is -0.303 e. The molecule has 0 aromatic heterocycles. The van der Waals surface area contributed by atoms with E-state index in [0.29, 0.717) is 6.29 Å². The SMILES string of the molecule is CC1(C)CC[C@]2(C=O)CC[C@]3(C)C(C(=O)C=C4C5C=C(C=O)C(=O)C(C)(C)[C@@H]5CC[C@]43C)C2C1. The van der Waals surface area contributed by atoms with Crippen LogP contribution >= 0.6 is 0 Å². The van der Waals surface area contributed by atoms with E-state index in [1.807, 2.05) is 26.0 Å². The van der Waals surface area contributed by atoms with Gasteiger partial charge in [0.2, 0.25) is 0 Å². The van der Waals surface area contributed by atoms with Gasteiger partial charge in [-0.1, -0.05) is 53.2 Å². The van der Waals surface area contributed by atoms with E-state index in [-0.39, 0.29) is 62.5 Å². The molecule has 4 heteroatoms. The third kappa shape index (κ3) is 2.83. The molecule has 5 rings (SSSR count). The van der Waals surface area contributed by atoms with Crippen LogP contribution in [0.25, 0.3) is 0 Å². The van der Waals surface area contributed by atoms with Crippen molar-refractivity contribution in [2.45, 2.75) is 86.5 Å². The Labute approximate surface area is 204 Å². The monoisotopic (exact) mass is 464 g/mol. The van der Waals surface area contributed by atoms with E-state index in [1.165, 1.54) is 6.29 Å². The molecule has 0 heterocycles. The maximum Gasteiger partial charge on any atom is 0.171 e. The van der Waals surface area contributed by atoms with E-state index < -0.39 is 5.41 Å². The lowest BCUT2D eigenvalue weighted by atomic mass is 9.36. The average Bonchev–Trinajstić information content (AvgIpc) is 2.77. The van der Waals surface area contributed by atoms with Crippen LogP contribution in [0.3, 0.4) is 0 Å². The zero-order chi connectivity index (χ0) is 24.9. The average molecular weight is 465 g/mol. The van der Waals surface area contributed by atoms with Crippen molar-refractivity contribution >= 4 is 24.1 Å². The normalized spacial score (nSPS) is 46.6. The van der Waals surface area contributed by atoms with Gasteiger partial charge in [0.1, 0.15) is 6.29 Å². The van der Waals surface area contributed by atoms with E-state index in [0.717, 1.165) is 50.5 Å². The van der Waals surface area contributed by atoms with Gasteiger partial charge in [-0.3, -0.25) is 14.4 Å². The molecule has 5 aliphatic carbocycles. The van der Waals surface area contributed by atoms with Gasteiger partial charge in [-0.2, -0.15) is 0 Å². The quantitative estimate of drug-likeness (QED) is 0.389. The lowest BCUT2D eigenvalue weighted by Crippen LogP contribution is -2.63. The Bertz CT molecular complexity index is 1040. The maximum atomic E-state index is 14.1. The standard InChI is InChI=1S/C30H40O4/c1-26(2)9-11-30(17-32)12-10-29(6)24(22(30)15-26)23(33)14-21-19-13-18(16-31)25(34)27(3,4)20(19)7-8-28(21,29)5/h13-14,16-17,19-20,22,24H,7-12,15H2,1-6H3/t19?,20-,22?,24?,28-,29-,30-/m1/s1. The largest absolute Gasteiger partial charge is 0.303 e. The fourth-order valence-corrected chi connectivity index (χ4v) is 9.23. The van der Waals surface area contributed by atoms with Crippen LogP contribution < -0.4 is 0 Å². The predicted molar refractivity (Wildman–Crippen MR) is 131 cm³/mol. The zero-order valence-electron chi connectivity index (χ0n) is 21.7. The van der Waals surface area contributed by atoms with E-state index in [4.69, 9.17) is 0 Å². The molecule has 7 atom stereocenters. The molecule has 0 radical (unpaired) electrons. The Morgan fingerprint density at radius 1 is 0.882 bits per heavy atom. The van der Waals surface area contributed by atoms with Crippen molar-refractivity contribution < 1.29 is 19.2 Å². The highest BCUT2D eigenvalue weighted by atomic mass is 16.1. The molecule has 3 fully saturated rings. The zero-order valence-corrected chi connectivity index (χ0v) is 21.7. The number of rotatable bonds is 2. The summed E-state index contributed by atoms with van der Waals surface area (Å²) >= 11 is 0. The second-order valence-electron chi connectivity index (χ2n) is 14.0. The van der Waals surface area contributed by atoms with E-state index in [1.54, 1.807) is 0 Å². The molecular formula is C30H40O4. The van der Waals surface area contributed by atoms with E-state index in [9.17, 15) is 19.2 Å². The van der Waals surface area contributed by atoms with Gasteiger partial charge in [-0.15, -0.1) is 0 Å². The van der Waals surface area contributed by atoms with E-state index in [2.05, 4.69) is 27.7 Å². The number of carbonyl (C=O) groups excluding carboxylic acids is 4.